The van der Waals surface area contributed by atoms with Gasteiger partial charge in [0, 0.05) is 25.0 Å². The van der Waals surface area contributed by atoms with Crippen molar-refractivity contribution in [3.05, 3.63) is 0 Å². The SMILES string of the molecule is CCC(C)N(CC(=O)O)C(=O)C1CC(=O)N(C(C)C)C1. The van der Waals surface area contributed by atoms with E-state index in [1.54, 1.807) is 4.90 Å². The van der Waals surface area contributed by atoms with Crippen LogP contribution in [-0.4, -0.2) is 57.9 Å². The minimum Gasteiger partial charge on any atom is -0.480 e. The van der Waals surface area contributed by atoms with Crippen LogP contribution in [0.15, 0.2) is 0 Å². The average Bonchev–Trinajstić information content (AvgIpc) is 2.76. The highest BCUT2D eigenvalue weighted by molar-refractivity contribution is 5.90. The molecule has 20 heavy (non-hydrogen) atoms. The van der Waals surface area contributed by atoms with Gasteiger partial charge in [-0.05, 0) is 27.2 Å². The summed E-state index contributed by atoms with van der Waals surface area (Å²) in [4.78, 5) is 38.3. The summed E-state index contributed by atoms with van der Waals surface area (Å²) in [5, 5.41) is 8.94. The predicted octanol–water partition coefficient (Wildman–Crippen LogP) is 0.955. The van der Waals surface area contributed by atoms with E-state index in [0.717, 1.165) is 0 Å². The van der Waals surface area contributed by atoms with E-state index in [9.17, 15) is 14.4 Å². The number of carbonyl (C=O) groups is 3. The van der Waals surface area contributed by atoms with Gasteiger partial charge in [-0.3, -0.25) is 14.4 Å². The van der Waals surface area contributed by atoms with E-state index >= 15 is 0 Å². The Balaban J connectivity index is 2.80. The fraction of sp³-hybridized carbons (Fsp3) is 0.786. The molecule has 6 nitrogen and oxygen atoms in total. The zero-order valence-electron chi connectivity index (χ0n) is 12.6. The summed E-state index contributed by atoms with van der Waals surface area (Å²) >= 11 is 0. The highest BCUT2D eigenvalue weighted by Crippen LogP contribution is 2.23. The number of carbonyl (C=O) groups excluding carboxylic acids is 2. The second kappa shape index (κ2) is 6.72. The molecule has 1 N–H and O–H groups in total. The molecule has 2 atom stereocenters. The highest BCUT2D eigenvalue weighted by atomic mass is 16.4. The number of carboxylic acids is 1. The molecule has 114 valence electrons. The van der Waals surface area contributed by atoms with Crippen molar-refractivity contribution >= 4 is 17.8 Å². The number of carboxylic acid groups (broad SMARTS) is 1. The minimum atomic E-state index is -1.02. The molecular weight excluding hydrogens is 260 g/mol. The second-order valence-corrected chi connectivity index (χ2v) is 5.66. The van der Waals surface area contributed by atoms with Gasteiger partial charge in [0.1, 0.15) is 6.54 Å². The van der Waals surface area contributed by atoms with Gasteiger partial charge >= 0.3 is 5.97 Å². The van der Waals surface area contributed by atoms with Crippen LogP contribution in [0.1, 0.15) is 40.5 Å². The Morgan fingerprint density at radius 1 is 1.40 bits per heavy atom. The Hall–Kier alpha value is -1.59. The first kappa shape index (κ1) is 16.5. The Morgan fingerprint density at radius 3 is 2.40 bits per heavy atom. The Bertz CT molecular complexity index is 395. The van der Waals surface area contributed by atoms with Gasteiger partial charge in [-0.2, -0.15) is 0 Å². The summed E-state index contributed by atoms with van der Waals surface area (Å²) in [6.45, 7) is 7.65. The summed E-state index contributed by atoms with van der Waals surface area (Å²) in [6, 6.07) is -0.0707. The van der Waals surface area contributed by atoms with E-state index in [1.807, 2.05) is 27.7 Å². The van der Waals surface area contributed by atoms with Gasteiger partial charge in [0.25, 0.3) is 0 Å². The average molecular weight is 284 g/mol. The van der Waals surface area contributed by atoms with E-state index < -0.39 is 11.9 Å². The maximum atomic E-state index is 12.5. The van der Waals surface area contributed by atoms with Crippen LogP contribution in [-0.2, 0) is 14.4 Å². The first-order chi connectivity index (χ1) is 9.27. The second-order valence-electron chi connectivity index (χ2n) is 5.66. The molecule has 1 rings (SSSR count). The van der Waals surface area contributed by atoms with E-state index in [4.69, 9.17) is 5.11 Å². The van der Waals surface area contributed by atoms with Crippen molar-refractivity contribution in [2.45, 2.75) is 52.6 Å². The Morgan fingerprint density at radius 2 is 2.00 bits per heavy atom. The summed E-state index contributed by atoms with van der Waals surface area (Å²) in [5.41, 5.74) is 0. The number of amides is 2. The van der Waals surface area contributed by atoms with Gasteiger partial charge in [0.15, 0.2) is 0 Å². The van der Waals surface area contributed by atoms with Crippen molar-refractivity contribution in [3.8, 4) is 0 Å². The summed E-state index contributed by atoms with van der Waals surface area (Å²) in [7, 11) is 0. The lowest BCUT2D eigenvalue weighted by molar-refractivity contribution is -0.148. The van der Waals surface area contributed by atoms with E-state index in [-0.39, 0.29) is 36.9 Å². The Kier molecular flexibility index (Phi) is 5.53. The van der Waals surface area contributed by atoms with Crippen molar-refractivity contribution in [3.63, 3.8) is 0 Å². The largest absolute Gasteiger partial charge is 0.480 e. The normalized spacial score (nSPS) is 20.4. The zero-order valence-corrected chi connectivity index (χ0v) is 12.6. The third-order valence-corrected chi connectivity index (χ3v) is 3.84. The molecule has 2 unspecified atom stereocenters. The lowest BCUT2D eigenvalue weighted by Gasteiger charge is -2.29. The van der Waals surface area contributed by atoms with E-state index in [1.165, 1.54) is 4.90 Å². The Labute approximate surface area is 119 Å². The van der Waals surface area contributed by atoms with Crippen LogP contribution in [0, 0.1) is 5.92 Å². The smallest absolute Gasteiger partial charge is 0.323 e. The lowest BCUT2D eigenvalue weighted by Crippen LogP contribution is -2.45. The maximum Gasteiger partial charge on any atom is 0.323 e. The van der Waals surface area contributed by atoms with Gasteiger partial charge in [0.2, 0.25) is 11.8 Å². The van der Waals surface area contributed by atoms with Crippen LogP contribution < -0.4 is 0 Å². The molecule has 1 aliphatic rings. The van der Waals surface area contributed by atoms with Crippen LogP contribution in [0.5, 0.6) is 0 Å². The molecule has 0 aromatic heterocycles. The molecule has 6 heteroatoms. The molecular formula is C14H24N2O4. The molecule has 2 amide bonds. The standard InChI is InChI=1S/C14H24N2O4/c1-5-10(4)16(8-13(18)19)14(20)11-6-12(17)15(7-11)9(2)3/h9-11H,5-8H2,1-4H3,(H,18,19). The topological polar surface area (TPSA) is 77.9 Å². The molecule has 0 saturated carbocycles. The summed E-state index contributed by atoms with van der Waals surface area (Å²) < 4.78 is 0. The molecule has 0 spiro atoms. The van der Waals surface area contributed by atoms with Gasteiger partial charge in [-0.15, -0.1) is 0 Å². The molecule has 0 aromatic rings. The van der Waals surface area contributed by atoms with Gasteiger partial charge < -0.3 is 14.9 Å². The number of likely N-dealkylation sites (tertiary alicyclic amines) is 1. The number of aliphatic carboxylic acids is 1. The van der Waals surface area contributed by atoms with Crippen molar-refractivity contribution in [2.75, 3.05) is 13.1 Å². The van der Waals surface area contributed by atoms with E-state index in [2.05, 4.69) is 0 Å². The molecule has 1 fully saturated rings. The number of nitrogens with zero attached hydrogens (tertiary/aromatic N) is 2. The van der Waals surface area contributed by atoms with Crippen molar-refractivity contribution < 1.29 is 19.5 Å². The fourth-order valence-corrected chi connectivity index (χ4v) is 2.45. The highest BCUT2D eigenvalue weighted by Gasteiger charge is 2.38. The lowest BCUT2D eigenvalue weighted by atomic mass is 10.1. The number of hydrogen-bond acceptors (Lipinski definition) is 3. The molecule has 0 radical (unpaired) electrons. The molecule has 0 aromatic carbocycles. The van der Waals surface area contributed by atoms with Crippen LogP contribution in [0.2, 0.25) is 0 Å². The summed E-state index contributed by atoms with van der Waals surface area (Å²) in [5.74, 6) is -1.70. The number of rotatable bonds is 6. The monoisotopic (exact) mass is 284 g/mol. The van der Waals surface area contributed by atoms with E-state index in [0.29, 0.717) is 13.0 Å². The van der Waals surface area contributed by atoms with Gasteiger partial charge in [0.05, 0.1) is 5.92 Å². The minimum absolute atomic E-state index is 0.0298. The molecule has 1 heterocycles. The van der Waals surface area contributed by atoms with Crippen molar-refractivity contribution in [2.24, 2.45) is 5.92 Å². The molecule has 0 bridgehead atoms. The van der Waals surface area contributed by atoms with Crippen molar-refractivity contribution in [1.29, 1.82) is 0 Å². The third kappa shape index (κ3) is 3.71. The van der Waals surface area contributed by atoms with Gasteiger partial charge in [-0.1, -0.05) is 6.92 Å². The fourth-order valence-electron chi connectivity index (χ4n) is 2.45. The van der Waals surface area contributed by atoms with Crippen LogP contribution in [0.4, 0.5) is 0 Å². The first-order valence-corrected chi connectivity index (χ1v) is 7.09. The number of hydrogen-bond donors (Lipinski definition) is 1. The van der Waals surface area contributed by atoms with Crippen molar-refractivity contribution in [1.82, 2.24) is 9.80 Å². The van der Waals surface area contributed by atoms with Crippen LogP contribution >= 0.6 is 0 Å². The molecule has 1 aliphatic heterocycles. The molecule has 1 saturated heterocycles. The zero-order chi connectivity index (χ0) is 15.4. The predicted molar refractivity (Wildman–Crippen MR) is 74.1 cm³/mol. The quantitative estimate of drug-likeness (QED) is 0.788. The van der Waals surface area contributed by atoms with Crippen LogP contribution in [0.25, 0.3) is 0 Å². The van der Waals surface area contributed by atoms with Gasteiger partial charge in [-0.25, -0.2) is 0 Å². The molecule has 0 aliphatic carbocycles. The maximum absolute atomic E-state index is 12.5. The first-order valence-electron chi connectivity index (χ1n) is 7.09. The van der Waals surface area contributed by atoms with Crippen LogP contribution in [0.3, 0.4) is 0 Å². The third-order valence-electron chi connectivity index (χ3n) is 3.84. The summed E-state index contributed by atoms with van der Waals surface area (Å²) in [6.07, 6.45) is 0.872.